The average molecular weight is 291 g/mol. The molecule has 0 aliphatic heterocycles. The average Bonchev–Trinajstić information content (AvgIpc) is 2.53. The van der Waals surface area contributed by atoms with E-state index in [0.29, 0.717) is 0 Å². The zero-order chi connectivity index (χ0) is 15.3. The minimum absolute atomic E-state index is 0.121. The number of likely N-dealkylation sites (N-methyl/N-ethyl adjacent to an activating group) is 2. The standard InChI is InChI=1S/C17H29N3O/c1-5-18-16(15-14(21-4)10-9-13-19-15)17(20(2)3)11-7-6-8-12-17/h9-10,13,16,18H,5-8,11-12H2,1-4H3. The molecule has 1 atom stereocenters. The molecule has 1 aromatic rings. The molecule has 1 saturated carbocycles. The first kappa shape index (κ1) is 16.2. The molecule has 1 N–H and O–H groups in total. The number of methoxy groups -OCH3 is 1. The summed E-state index contributed by atoms with van der Waals surface area (Å²) in [4.78, 5) is 7.05. The van der Waals surface area contributed by atoms with Crippen LogP contribution in [0, 0.1) is 0 Å². The first-order valence-electron chi connectivity index (χ1n) is 8.05. The summed E-state index contributed by atoms with van der Waals surface area (Å²) in [7, 11) is 6.13. The van der Waals surface area contributed by atoms with Crippen molar-refractivity contribution in [2.45, 2.75) is 50.6 Å². The van der Waals surface area contributed by atoms with Crippen LogP contribution in [0.4, 0.5) is 0 Å². The molecule has 1 unspecified atom stereocenters. The van der Waals surface area contributed by atoms with Crippen LogP contribution >= 0.6 is 0 Å². The fraction of sp³-hybridized carbons (Fsp3) is 0.706. The van der Waals surface area contributed by atoms with E-state index < -0.39 is 0 Å². The number of nitrogens with one attached hydrogen (secondary N) is 1. The van der Waals surface area contributed by atoms with Crippen molar-refractivity contribution in [2.75, 3.05) is 27.7 Å². The van der Waals surface area contributed by atoms with Crippen LogP contribution in [0.25, 0.3) is 0 Å². The number of rotatable bonds is 6. The second-order valence-corrected chi connectivity index (χ2v) is 6.14. The largest absolute Gasteiger partial charge is 0.495 e. The van der Waals surface area contributed by atoms with Crippen molar-refractivity contribution in [3.05, 3.63) is 24.0 Å². The summed E-state index contributed by atoms with van der Waals surface area (Å²) in [5.74, 6) is 0.884. The van der Waals surface area contributed by atoms with Crippen LogP contribution in [0.15, 0.2) is 18.3 Å². The van der Waals surface area contributed by atoms with Crippen molar-refractivity contribution in [1.29, 1.82) is 0 Å². The highest BCUT2D eigenvalue weighted by Gasteiger charge is 2.43. The van der Waals surface area contributed by atoms with Gasteiger partial charge in [0.25, 0.3) is 0 Å². The van der Waals surface area contributed by atoms with E-state index in [2.05, 4.69) is 36.2 Å². The van der Waals surface area contributed by atoms with Crippen molar-refractivity contribution in [2.24, 2.45) is 0 Å². The molecule has 0 radical (unpaired) electrons. The third kappa shape index (κ3) is 3.22. The Bertz CT molecular complexity index is 441. The van der Waals surface area contributed by atoms with Crippen LogP contribution in [0.5, 0.6) is 5.75 Å². The van der Waals surface area contributed by atoms with Gasteiger partial charge in [0, 0.05) is 11.7 Å². The quantitative estimate of drug-likeness (QED) is 0.874. The lowest BCUT2D eigenvalue weighted by Crippen LogP contribution is -2.55. The molecule has 1 aliphatic carbocycles. The molecule has 0 saturated heterocycles. The van der Waals surface area contributed by atoms with Crippen molar-refractivity contribution in [1.82, 2.24) is 15.2 Å². The number of hydrogen-bond donors (Lipinski definition) is 1. The predicted molar refractivity (Wildman–Crippen MR) is 86.7 cm³/mol. The van der Waals surface area contributed by atoms with E-state index in [1.54, 1.807) is 7.11 Å². The van der Waals surface area contributed by atoms with Gasteiger partial charge in [0.05, 0.1) is 13.2 Å². The summed E-state index contributed by atoms with van der Waals surface area (Å²) in [6.07, 6.45) is 8.20. The third-order valence-electron chi connectivity index (χ3n) is 4.85. The molecule has 21 heavy (non-hydrogen) atoms. The zero-order valence-corrected chi connectivity index (χ0v) is 13.9. The summed E-state index contributed by atoms with van der Waals surface area (Å²) in [6.45, 7) is 3.09. The van der Waals surface area contributed by atoms with Crippen molar-refractivity contribution >= 4 is 0 Å². The number of hydrogen-bond acceptors (Lipinski definition) is 4. The molecular weight excluding hydrogens is 262 g/mol. The van der Waals surface area contributed by atoms with E-state index in [1.165, 1.54) is 32.1 Å². The van der Waals surface area contributed by atoms with Gasteiger partial charge in [-0.15, -0.1) is 0 Å². The monoisotopic (exact) mass is 291 g/mol. The van der Waals surface area contributed by atoms with Gasteiger partial charge >= 0.3 is 0 Å². The van der Waals surface area contributed by atoms with Crippen LogP contribution in [0.1, 0.15) is 50.8 Å². The summed E-state index contributed by atoms with van der Waals surface area (Å²) >= 11 is 0. The minimum atomic E-state index is 0.121. The van der Waals surface area contributed by atoms with E-state index >= 15 is 0 Å². The molecule has 2 rings (SSSR count). The highest BCUT2D eigenvalue weighted by Crippen LogP contribution is 2.43. The third-order valence-corrected chi connectivity index (χ3v) is 4.85. The maximum atomic E-state index is 5.57. The van der Waals surface area contributed by atoms with Crippen molar-refractivity contribution < 1.29 is 4.74 Å². The van der Waals surface area contributed by atoms with E-state index in [4.69, 9.17) is 4.74 Å². The smallest absolute Gasteiger partial charge is 0.142 e. The van der Waals surface area contributed by atoms with Crippen molar-refractivity contribution in [3.8, 4) is 5.75 Å². The lowest BCUT2D eigenvalue weighted by atomic mass is 9.74. The Morgan fingerprint density at radius 1 is 1.33 bits per heavy atom. The molecule has 1 aliphatic rings. The lowest BCUT2D eigenvalue weighted by Gasteiger charge is -2.48. The Morgan fingerprint density at radius 3 is 2.62 bits per heavy atom. The Labute approximate surface area is 128 Å². The number of pyridine rings is 1. The molecule has 4 nitrogen and oxygen atoms in total. The van der Waals surface area contributed by atoms with Crippen LogP contribution in [-0.4, -0.2) is 43.2 Å². The van der Waals surface area contributed by atoms with Gasteiger partial charge in [-0.25, -0.2) is 0 Å². The van der Waals surface area contributed by atoms with Crippen LogP contribution in [0.3, 0.4) is 0 Å². The van der Waals surface area contributed by atoms with E-state index in [1.807, 2.05) is 18.3 Å². The summed E-state index contributed by atoms with van der Waals surface area (Å²) in [6, 6.07) is 4.15. The summed E-state index contributed by atoms with van der Waals surface area (Å²) < 4.78 is 5.57. The van der Waals surface area contributed by atoms with Gasteiger partial charge in [-0.05, 0) is 45.6 Å². The van der Waals surface area contributed by atoms with Gasteiger partial charge in [0.15, 0.2) is 0 Å². The molecule has 1 heterocycles. The Kier molecular flexibility index (Phi) is 5.59. The summed E-state index contributed by atoms with van der Waals surface area (Å²) in [5, 5.41) is 3.68. The molecule has 0 bridgehead atoms. The van der Waals surface area contributed by atoms with Crippen LogP contribution in [-0.2, 0) is 0 Å². The predicted octanol–water partition coefficient (Wildman–Crippen LogP) is 3.01. The first-order valence-corrected chi connectivity index (χ1v) is 8.05. The van der Waals surface area contributed by atoms with Gasteiger partial charge in [-0.3, -0.25) is 4.98 Å². The Hall–Kier alpha value is -1.13. The number of nitrogens with zero attached hydrogens (tertiary/aromatic N) is 2. The molecule has 118 valence electrons. The number of ether oxygens (including phenoxy) is 1. The van der Waals surface area contributed by atoms with Crippen molar-refractivity contribution in [3.63, 3.8) is 0 Å². The molecule has 1 fully saturated rings. The molecule has 1 aromatic heterocycles. The van der Waals surface area contributed by atoms with Gasteiger partial charge in [0.2, 0.25) is 0 Å². The lowest BCUT2D eigenvalue weighted by molar-refractivity contribution is 0.0544. The van der Waals surface area contributed by atoms with Crippen LogP contribution < -0.4 is 10.1 Å². The highest BCUT2D eigenvalue weighted by atomic mass is 16.5. The van der Waals surface area contributed by atoms with Gasteiger partial charge < -0.3 is 15.0 Å². The normalized spacial score (nSPS) is 19.5. The molecule has 0 aromatic carbocycles. The molecular formula is C17H29N3O. The van der Waals surface area contributed by atoms with E-state index in [9.17, 15) is 0 Å². The maximum absolute atomic E-state index is 5.57. The SMILES string of the molecule is CCNC(c1ncccc1OC)C1(N(C)C)CCCCC1. The fourth-order valence-corrected chi connectivity index (χ4v) is 3.70. The highest BCUT2D eigenvalue weighted by molar-refractivity contribution is 5.32. The van der Waals surface area contributed by atoms with Crippen LogP contribution in [0.2, 0.25) is 0 Å². The van der Waals surface area contributed by atoms with Gasteiger partial charge in [-0.1, -0.05) is 26.2 Å². The summed E-state index contributed by atoms with van der Waals surface area (Å²) in [5.41, 5.74) is 1.16. The van der Waals surface area contributed by atoms with Gasteiger partial charge in [0.1, 0.15) is 11.4 Å². The minimum Gasteiger partial charge on any atom is -0.495 e. The molecule has 0 amide bonds. The Morgan fingerprint density at radius 2 is 2.05 bits per heavy atom. The topological polar surface area (TPSA) is 37.4 Å². The zero-order valence-electron chi connectivity index (χ0n) is 13.9. The van der Waals surface area contributed by atoms with E-state index in [-0.39, 0.29) is 11.6 Å². The molecule has 0 spiro atoms. The molecule has 4 heteroatoms. The maximum Gasteiger partial charge on any atom is 0.142 e. The second-order valence-electron chi connectivity index (χ2n) is 6.14. The Balaban J connectivity index is 2.44. The number of aromatic nitrogens is 1. The fourth-order valence-electron chi connectivity index (χ4n) is 3.70. The van der Waals surface area contributed by atoms with Gasteiger partial charge in [-0.2, -0.15) is 0 Å². The van der Waals surface area contributed by atoms with E-state index in [0.717, 1.165) is 18.0 Å². The first-order chi connectivity index (χ1) is 10.2. The second kappa shape index (κ2) is 7.23.